The Morgan fingerprint density at radius 3 is 2.41 bits per heavy atom. The van der Waals surface area contributed by atoms with Gasteiger partial charge in [0.1, 0.15) is 0 Å². The van der Waals surface area contributed by atoms with Crippen LogP contribution in [0.25, 0.3) is 0 Å². The van der Waals surface area contributed by atoms with Gasteiger partial charge in [0.25, 0.3) is 0 Å². The van der Waals surface area contributed by atoms with Gasteiger partial charge in [-0.2, -0.15) is 0 Å². The molecule has 0 aliphatic heterocycles. The van der Waals surface area contributed by atoms with Crippen molar-refractivity contribution in [3.05, 3.63) is 47.0 Å². The van der Waals surface area contributed by atoms with E-state index in [0.29, 0.717) is 5.92 Å². The third-order valence-corrected chi connectivity index (χ3v) is 4.00. The molecule has 1 atom stereocenters. The maximum Gasteiger partial charge on any atom is 0.00506 e. The van der Waals surface area contributed by atoms with Crippen LogP contribution < -0.4 is 0 Å². The summed E-state index contributed by atoms with van der Waals surface area (Å²) in [6.07, 6.45) is 8.00. The van der Waals surface area contributed by atoms with Gasteiger partial charge in [-0.15, -0.1) is 0 Å². The van der Waals surface area contributed by atoms with Crippen molar-refractivity contribution in [3.8, 4) is 0 Å². The van der Waals surface area contributed by atoms with E-state index in [4.69, 9.17) is 0 Å². The molecule has 0 saturated heterocycles. The average molecular weight is 228 g/mol. The van der Waals surface area contributed by atoms with Gasteiger partial charge in [-0.25, -0.2) is 0 Å². The molecule has 0 nitrogen and oxygen atoms in total. The van der Waals surface area contributed by atoms with Gasteiger partial charge >= 0.3 is 0 Å². The maximum absolute atomic E-state index is 2.35. The van der Waals surface area contributed by atoms with E-state index in [2.05, 4.69) is 44.2 Å². The molecular formula is C17H24. The molecule has 0 aromatic heterocycles. The number of hydrogen-bond acceptors (Lipinski definition) is 0. The predicted octanol–water partition coefficient (Wildman–Crippen LogP) is 5.46. The topological polar surface area (TPSA) is 0 Å². The molecular weight excluding hydrogens is 204 g/mol. The molecule has 0 saturated carbocycles. The van der Waals surface area contributed by atoms with Gasteiger partial charge in [0, 0.05) is 5.92 Å². The summed E-state index contributed by atoms with van der Waals surface area (Å²) in [5.74, 6) is 0.682. The van der Waals surface area contributed by atoms with Crippen LogP contribution in [0.5, 0.6) is 0 Å². The van der Waals surface area contributed by atoms with Crippen LogP contribution >= 0.6 is 0 Å². The number of benzene rings is 1. The van der Waals surface area contributed by atoms with E-state index in [-0.39, 0.29) is 0 Å². The standard InChI is InChI=1S/C17H24/c1-3-9-17(15-11-5-4-6-12-15)16-13-8-7-10-14(16)2/h4-6,11-12,17H,3,7-10,13H2,1-2H3. The minimum atomic E-state index is 0.682. The first kappa shape index (κ1) is 12.4. The molecule has 0 radical (unpaired) electrons. The first-order valence-electron chi connectivity index (χ1n) is 7.06. The summed E-state index contributed by atoms with van der Waals surface area (Å²) in [5, 5.41) is 0. The Morgan fingerprint density at radius 2 is 1.76 bits per heavy atom. The van der Waals surface area contributed by atoms with Crippen LogP contribution in [0.4, 0.5) is 0 Å². The normalized spacial score (nSPS) is 18.2. The molecule has 1 unspecified atom stereocenters. The summed E-state index contributed by atoms with van der Waals surface area (Å²) in [6, 6.07) is 11.1. The Kier molecular flexibility index (Phi) is 4.42. The molecule has 0 bridgehead atoms. The van der Waals surface area contributed by atoms with Gasteiger partial charge in [0.15, 0.2) is 0 Å². The van der Waals surface area contributed by atoms with Crippen molar-refractivity contribution in [1.29, 1.82) is 0 Å². The van der Waals surface area contributed by atoms with E-state index in [9.17, 15) is 0 Å². The number of allylic oxidation sites excluding steroid dienone is 2. The van der Waals surface area contributed by atoms with Crippen molar-refractivity contribution < 1.29 is 0 Å². The monoisotopic (exact) mass is 228 g/mol. The molecule has 0 spiro atoms. The zero-order chi connectivity index (χ0) is 12.1. The Labute approximate surface area is 106 Å². The van der Waals surface area contributed by atoms with Crippen LogP contribution in [0.1, 0.15) is 63.9 Å². The molecule has 0 N–H and O–H groups in total. The van der Waals surface area contributed by atoms with Crippen LogP contribution in [-0.4, -0.2) is 0 Å². The Balaban J connectivity index is 2.29. The molecule has 1 aliphatic rings. The van der Waals surface area contributed by atoms with E-state index < -0.39 is 0 Å². The van der Waals surface area contributed by atoms with E-state index >= 15 is 0 Å². The molecule has 1 aromatic carbocycles. The van der Waals surface area contributed by atoms with Gasteiger partial charge in [-0.05, 0) is 44.6 Å². The second-order valence-electron chi connectivity index (χ2n) is 5.26. The minimum absolute atomic E-state index is 0.682. The highest BCUT2D eigenvalue weighted by molar-refractivity contribution is 5.32. The zero-order valence-electron chi connectivity index (χ0n) is 11.2. The summed E-state index contributed by atoms with van der Waals surface area (Å²) in [6.45, 7) is 4.65. The quantitative estimate of drug-likeness (QED) is 0.600. The average Bonchev–Trinajstić information content (AvgIpc) is 2.38. The lowest BCUT2D eigenvalue weighted by molar-refractivity contribution is 0.586. The molecule has 1 aliphatic carbocycles. The third-order valence-electron chi connectivity index (χ3n) is 4.00. The summed E-state index contributed by atoms with van der Waals surface area (Å²) >= 11 is 0. The molecule has 0 heterocycles. The zero-order valence-corrected chi connectivity index (χ0v) is 11.2. The van der Waals surface area contributed by atoms with Crippen LogP contribution in [0.15, 0.2) is 41.5 Å². The summed E-state index contributed by atoms with van der Waals surface area (Å²) in [7, 11) is 0. The summed E-state index contributed by atoms with van der Waals surface area (Å²) < 4.78 is 0. The lowest BCUT2D eigenvalue weighted by Crippen LogP contribution is -2.08. The largest absolute Gasteiger partial charge is 0.0735 e. The van der Waals surface area contributed by atoms with E-state index in [1.807, 2.05) is 0 Å². The Hall–Kier alpha value is -1.04. The van der Waals surface area contributed by atoms with Gasteiger partial charge in [-0.3, -0.25) is 0 Å². The highest BCUT2D eigenvalue weighted by atomic mass is 14.2. The van der Waals surface area contributed by atoms with Crippen LogP contribution in [0.2, 0.25) is 0 Å². The fourth-order valence-corrected chi connectivity index (χ4v) is 3.07. The molecule has 0 amide bonds. The SMILES string of the molecule is CCCC(C1=C(C)CCCC1)c1ccccc1. The molecule has 0 heteroatoms. The third kappa shape index (κ3) is 3.00. The van der Waals surface area contributed by atoms with Crippen molar-refractivity contribution in [3.63, 3.8) is 0 Å². The number of rotatable bonds is 4. The highest BCUT2D eigenvalue weighted by Crippen LogP contribution is 2.38. The van der Waals surface area contributed by atoms with E-state index in [1.165, 1.54) is 44.1 Å². The van der Waals surface area contributed by atoms with Crippen molar-refractivity contribution >= 4 is 0 Å². The Bertz CT molecular complexity index is 372. The first-order valence-corrected chi connectivity index (χ1v) is 7.06. The molecule has 17 heavy (non-hydrogen) atoms. The first-order chi connectivity index (χ1) is 8.33. The van der Waals surface area contributed by atoms with E-state index in [1.54, 1.807) is 11.1 Å². The number of hydrogen-bond donors (Lipinski definition) is 0. The van der Waals surface area contributed by atoms with E-state index in [0.717, 1.165) is 0 Å². The van der Waals surface area contributed by atoms with Gasteiger partial charge in [0.2, 0.25) is 0 Å². The Morgan fingerprint density at radius 1 is 1.06 bits per heavy atom. The van der Waals surface area contributed by atoms with Gasteiger partial charge in [0.05, 0.1) is 0 Å². The summed E-state index contributed by atoms with van der Waals surface area (Å²) in [5.41, 5.74) is 4.92. The predicted molar refractivity (Wildman–Crippen MR) is 75.3 cm³/mol. The minimum Gasteiger partial charge on any atom is -0.0735 e. The maximum atomic E-state index is 2.35. The lowest BCUT2D eigenvalue weighted by Gasteiger charge is -2.26. The van der Waals surface area contributed by atoms with Crippen molar-refractivity contribution in [1.82, 2.24) is 0 Å². The molecule has 1 aromatic rings. The lowest BCUT2D eigenvalue weighted by atomic mass is 9.79. The second-order valence-corrected chi connectivity index (χ2v) is 5.26. The fraction of sp³-hybridized carbons (Fsp3) is 0.529. The van der Waals surface area contributed by atoms with Crippen molar-refractivity contribution in [2.45, 2.75) is 58.3 Å². The molecule has 0 fully saturated rings. The molecule has 92 valence electrons. The van der Waals surface area contributed by atoms with Crippen molar-refractivity contribution in [2.24, 2.45) is 0 Å². The van der Waals surface area contributed by atoms with Crippen LogP contribution in [0.3, 0.4) is 0 Å². The van der Waals surface area contributed by atoms with Crippen LogP contribution in [0, 0.1) is 0 Å². The van der Waals surface area contributed by atoms with Gasteiger partial charge in [-0.1, -0.05) is 54.8 Å². The molecule has 2 rings (SSSR count). The van der Waals surface area contributed by atoms with Gasteiger partial charge < -0.3 is 0 Å². The second kappa shape index (κ2) is 6.05. The highest BCUT2D eigenvalue weighted by Gasteiger charge is 2.19. The smallest absolute Gasteiger partial charge is 0.00506 e. The fourth-order valence-electron chi connectivity index (χ4n) is 3.07. The van der Waals surface area contributed by atoms with Crippen LogP contribution in [-0.2, 0) is 0 Å². The van der Waals surface area contributed by atoms with Crippen molar-refractivity contribution in [2.75, 3.05) is 0 Å². The summed E-state index contributed by atoms with van der Waals surface area (Å²) in [4.78, 5) is 0.